The molecule has 1 aliphatic heterocycles. The van der Waals surface area contributed by atoms with Crippen LogP contribution in [0, 0.1) is 5.82 Å². The van der Waals surface area contributed by atoms with Gasteiger partial charge >= 0.3 is 5.97 Å². The normalized spacial score (nSPS) is 14.7. The summed E-state index contributed by atoms with van der Waals surface area (Å²) in [6.07, 6.45) is 0.215. The van der Waals surface area contributed by atoms with E-state index in [-0.39, 0.29) is 29.2 Å². The van der Waals surface area contributed by atoms with E-state index in [1.54, 1.807) is 60.7 Å². The van der Waals surface area contributed by atoms with Crippen molar-refractivity contribution in [2.75, 3.05) is 4.31 Å². The summed E-state index contributed by atoms with van der Waals surface area (Å²) >= 11 is 0. The van der Waals surface area contributed by atoms with Gasteiger partial charge in [0.05, 0.1) is 16.1 Å². The van der Waals surface area contributed by atoms with E-state index in [1.165, 1.54) is 36.4 Å². The highest BCUT2D eigenvalue weighted by molar-refractivity contribution is 7.93. The van der Waals surface area contributed by atoms with Crippen LogP contribution < -0.4 is 9.62 Å². The Bertz CT molecular complexity index is 1600. The molecule has 1 amide bonds. The minimum atomic E-state index is -4.10. The van der Waals surface area contributed by atoms with Crippen LogP contribution in [0.3, 0.4) is 0 Å². The summed E-state index contributed by atoms with van der Waals surface area (Å²) in [5, 5.41) is 11.8. The number of carbonyl (C=O) groups is 2. The molecular formula is C29H23FN2O5S. The Morgan fingerprint density at radius 3 is 2.11 bits per heavy atom. The summed E-state index contributed by atoms with van der Waals surface area (Å²) in [5.41, 5.74) is 3.48. The lowest BCUT2D eigenvalue weighted by Gasteiger charge is -2.26. The summed E-state index contributed by atoms with van der Waals surface area (Å²) in [6, 6.07) is 24.3. The summed E-state index contributed by atoms with van der Waals surface area (Å²) < 4.78 is 42.1. The molecule has 192 valence electrons. The van der Waals surface area contributed by atoms with E-state index >= 15 is 0 Å². The molecule has 4 aromatic carbocycles. The largest absolute Gasteiger partial charge is 0.478 e. The number of sulfonamides is 1. The number of hydrogen-bond donors (Lipinski definition) is 2. The molecule has 9 heteroatoms. The minimum absolute atomic E-state index is 0.0297. The van der Waals surface area contributed by atoms with E-state index in [2.05, 4.69) is 5.32 Å². The highest BCUT2D eigenvalue weighted by Crippen LogP contribution is 2.37. The predicted octanol–water partition coefficient (Wildman–Crippen LogP) is 4.63. The summed E-state index contributed by atoms with van der Waals surface area (Å²) in [7, 11) is -4.10. The van der Waals surface area contributed by atoms with Crippen molar-refractivity contribution in [2.24, 2.45) is 0 Å². The first-order chi connectivity index (χ1) is 18.2. The fourth-order valence-electron chi connectivity index (χ4n) is 4.50. The fourth-order valence-corrected chi connectivity index (χ4v) is 6.15. The van der Waals surface area contributed by atoms with Gasteiger partial charge in [0.2, 0.25) is 5.91 Å². The van der Waals surface area contributed by atoms with Crippen molar-refractivity contribution in [3.8, 4) is 11.1 Å². The quantitative estimate of drug-likeness (QED) is 0.363. The van der Waals surface area contributed by atoms with Gasteiger partial charge in [-0.1, -0.05) is 54.6 Å². The van der Waals surface area contributed by atoms with E-state index < -0.39 is 27.9 Å². The highest BCUT2D eigenvalue weighted by Gasteiger charge is 2.42. The van der Waals surface area contributed by atoms with Gasteiger partial charge in [0, 0.05) is 13.0 Å². The van der Waals surface area contributed by atoms with Gasteiger partial charge in [0.15, 0.2) is 0 Å². The van der Waals surface area contributed by atoms with Crippen molar-refractivity contribution < 1.29 is 27.5 Å². The Kier molecular flexibility index (Phi) is 6.69. The average Bonchev–Trinajstić information content (AvgIpc) is 3.33. The van der Waals surface area contributed by atoms with Crippen LogP contribution in [-0.4, -0.2) is 31.4 Å². The number of anilines is 1. The highest BCUT2D eigenvalue weighted by atomic mass is 32.2. The van der Waals surface area contributed by atoms with Crippen molar-refractivity contribution in [3.05, 3.63) is 120 Å². The van der Waals surface area contributed by atoms with Crippen LogP contribution in [0.5, 0.6) is 0 Å². The van der Waals surface area contributed by atoms with Gasteiger partial charge in [-0.05, 0) is 64.7 Å². The van der Waals surface area contributed by atoms with E-state index in [0.717, 1.165) is 21.0 Å². The van der Waals surface area contributed by atoms with Gasteiger partial charge in [0.25, 0.3) is 10.0 Å². The maximum atomic E-state index is 13.8. The van der Waals surface area contributed by atoms with Crippen molar-refractivity contribution >= 4 is 27.6 Å². The SMILES string of the molecule is O=C(O)c1ccc(CNC(=O)[C@@H]2Cc3ccccc3N2S(=O)(=O)c2ccc(-c3ccc(F)cc3)cc2)cc1. The molecule has 0 aromatic heterocycles. The average molecular weight is 531 g/mol. The summed E-state index contributed by atoms with van der Waals surface area (Å²) in [6.45, 7) is 0.117. The lowest BCUT2D eigenvalue weighted by Crippen LogP contribution is -2.47. The number of fused-ring (bicyclic) bond motifs is 1. The van der Waals surface area contributed by atoms with Crippen LogP contribution in [-0.2, 0) is 27.8 Å². The number of para-hydroxylation sites is 1. The Hall–Kier alpha value is -4.50. The number of nitrogens with zero attached hydrogens (tertiary/aromatic N) is 1. The molecule has 0 radical (unpaired) electrons. The zero-order valence-electron chi connectivity index (χ0n) is 20.0. The first kappa shape index (κ1) is 25.2. The maximum Gasteiger partial charge on any atom is 0.335 e. The van der Waals surface area contributed by atoms with Crippen molar-refractivity contribution in [1.29, 1.82) is 0 Å². The van der Waals surface area contributed by atoms with Crippen LogP contribution in [0.1, 0.15) is 21.5 Å². The third-order valence-electron chi connectivity index (χ3n) is 6.48. The number of aromatic carboxylic acids is 1. The number of amides is 1. The Morgan fingerprint density at radius 1 is 0.868 bits per heavy atom. The van der Waals surface area contributed by atoms with Crippen LogP contribution in [0.4, 0.5) is 10.1 Å². The first-order valence-corrected chi connectivity index (χ1v) is 13.3. The van der Waals surface area contributed by atoms with Crippen LogP contribution in [0.2, 0.25) is 0 Å². The third-order valence-corrected chi connectivity index (χ3v) is 8.32. The molecular weight excluding hydrogens is 507 g/mol. The molecule has 1 heterocycles. The van der Waals surface area contributed by atoms with Gasteiger partial charge in [-0.3, -0.25) is 9.10 Å². The van der Waals surface area contributed by atoms with Crippen molar-refractivity contribution in [1.82, 2.24) is 5.32 Å². The number of nitrogens with one attached hydrogen (secondary N) is 1. The molecule has 2 N–H and O–H groups in total. The molecule has 0 unspecified atom stereocenters. The number of rotatable bonds is 7. The molecule has 0 saturated heterocycles. The Morgan fingerprint density at radius 2 is 1.47 bits per heavy atom. The molecule has 0 saturated carbocycles. The van der Waals surface area contributed by atoms with E-state index in [9.17, 15) is 22.4 Å². The van der Waals surface area contributed by atoms with Crippen molar-refractivity contribution in [3.63, 3.8) is 0 Å². The zero-order valence-corrected chi connectivity index (χ0v) is 20.9. The van der Waals surface area contributed by atoms with Gasteiger partial charge < -0.3 is 10.4 Å². The second kappa shape index (κ2) is 10.1. The summed E-state index contributed by atoms with van der Waals surface area (Å²) in [4.78, 5) is 24.4. The number of benzene rings is 4. The maximum absolute atomic E-state index is 13.8. The lowest BCUT2D eigenvalue weighted by atomic mass is 10.1. The van der Waals surface area contributed by atoms with Crippen LogP contribution in [0.15, 0.2) is 102 Å². The van der Waals surface area contributed by atoms with E-state index in [0.29, 0.717) is 11.3 Å². The Balaban J connectivity index is 1.40. The second-order valence-corrected chi connectivity index (χ2v) is 10.7. The lowest BCUT2D eigenvalue weighted by molar-refractivity contribution is -0.122. The van der Waals surface area contributed by atoms with Gasteiger partial charge in [0.1, 0.15) is 11.9 Å². The minimum Gasteiger partial charge on any atom is -0.478 e. The van der Waals surface area contributed by atoms with Crippen molar-refractivity contribution in [2.45, 2.75) is 23.9 Å². The molecule has 0 aliphatic carbocycles. The molecule has 0 bridgehead atoms. The third kappa shape index (κ3) is 4.88. The number of hydrogen-bond acceptors (Lipinski definition) is 4. The first-order valence-electron chi connectivity index (χ1n) is 11.8. The summed E-state index contributed by atoms with van der Waals surface area (Å²) in [5.74, 6) is -1.87. The van der Waals surface area contributed by atoms with Crippen LogP contribution >= 0.6 is 0 Å². The monoisotopic (exact) mass is 530 g/mol. The molecule has 7 nitrogen and oxygen atoms in total. The molecule has 5 rings (SSSR count). The topological polar surface area (TPSA) is 104 Å². The zero-order chi connectivity index (χ0) is 26.9. The molecule has 4 aromatic rings. The van der Waals surface area contributed by atoms with Gasteiger partial charge in [-0.25, -0.2) is 17.6 Å². The van der Waals surface area contributed by atoms with E-state index in [1.807, 2.05) is 0 Å². The molecule has 1 aliphatic rings. The molecule has 0 spiro atoms. The van der Waals surface area contributed by atoms with Crippen LogP contribution in [0.25, 0.3) is 11.1 Å². The smallest absolute Gasteiger partial charge is 0.335 e. The number of carboxylic acids is 1. The van der Waals surface area contributed by atoms with Gasteiger partial charge in [-0.2, -0.15) is 0 Å². The number of halogens is 1. The molecule has 1 atom stereocenters. The number of carbonyl (C=O) groups excluding carboxylic acids is 1. The number of carboxylic acid groups (broad SMARTS) is 1. The molecule has 0 fully saturated rings. The Labute approximate surface area is 219 Å². The van der Waals surface area contributed by atoms with Gasteiger partial charge in [-0.15, -0.1) is 0 Å². The molecule has 38 heavy (non-hydrogen) atoms. The second-order valence-electron chi connectivity index (χ2n) is 8.90. The fraction of sp³-hybridized carbons (Fsp3) is 0.103. The standard InChI is InChI=1S/C29H23FN2O5S/c30-24-13-9-20(10-14-24)21-11-15-25(16-12-21)38(36,37)32-26-4-2-1-3-23(26)17-27(32)28(33)31-18-19-5-7-22(8-6-19)29(34)35/h1-16,27H,17-18H2,(H,31,33)(H,34,35)/t27-/m0/s1. The van der Waals surface area contributed by atoms with E-state index in [4.69, 9.17) is 5.11 Å². The predicted molar refractivity (Wildman–Crippen MR) is 141 cm³/mol.